The molecule has 16 heavy (non-hydrogen) atoms. The van der Waals surface area contributed by atoms with Crippen LogP contribution >= 0.6 is 0 Å². The molecule has 1 fully saturated rings. The molecule has 1 aliphatic rings. The number of nitrogens with one attached hydrogen (secondary N) is 2. The maximum absolute atomic E-state index is 11.6. The molecule has 0 bridgehead atoms. The number of rotatable bonds is 4. The SMILES string of the molecule is CC(NC(=O)C(C)(C)C#N)C(=O)NC1CC1. The van der Waals surface area contributed by atoms with E-state index >= 15 is 0 Å². The minimum absolute atomic E-state index is 0.190. The van der Waals surface area contributed by atoms with Crippen LogP contribution in [0.4, 0.5) is 0 Å². The van der Waals surface area contributed by atoms with E-state index in [9.17, 15) is 9.59 Å². The van der Waals surface area contributed by atoms with Gasteiger partial charge in [0.2, 0.25) is 11.8 Å². The number of nitriles is 1. The smallest absolute Gasteiger partial charge is 0.242 e. The third-order valence-electron chi connectivity index (χ3n) is 2.51. The highest BCUT2D eigenvalue weighted by molar-refractivity contribution is 5.90. The van der Waals surface area contributed by atoms with Crippen molar-refractivity contribution in [3.05, 3.63) is 0 Å². The fraction of sp³-hybridized carbons (Fsp3) is 0.727. The molecule has 1 saturated carbocycles. The molecule has 2 amide bonds. The number of amides is 2. The Labute approximate surface area is 95.2 Å². The van der Waals surface area contributed by atoms with Crippen LogP contribution in [0.2, 0.25) is 0 Å². The second-order valence-corrected chi connectivity index (χ2v) is 4.71. The van der Waals surface area contributed by atoms with Crippen LogP contribution in [-0.2, 0) is 9.59 Å². The Bertz CT molecular complexity index is 340. The van der Waals surface area contributed by atoms with E-state index in [1.807, 2.05) is 6.07 Å². The second-order valence-electron chi connectivity index (χ2n) is 4.71. The summed E-state index contributed by atoms with van der Waals surface area (Å²) in [5.41, 5.74) is -1.10. The average molecular weight is 223 g/mol. The molecule has 1 aliphatic carbocycles. The van der Waals surface area contributed by atoms with Gasteiger partial charge >= 0.3 is 0 Å². The molecule has 0 aromatic carbocycles. The monoisotopic (exact) mass is 223 g/mol. The lowest BCUT2D eigenvalue weighted by atomic mass is 9.94. The second kappa shape index (κ2) is 4.52. The van der Waals surface area contributed by atoms with Crippen molar-refractivity contribution < 1.29 is 9.59 Å². The highest BCUT2D eigenvalue weighted by Crippen LogP contribution is 2.18. The number of nitrogens with zero attached hydrogens (tertiary/aromatic N) is 1. The molecule has 1 unspecified atom stereocenters. The summed E-state index contributed by atoms with van der Waals surface area (Å²) < 4.78 is 0. The number of hydrogen-bond donors (Lipinski definition) is 2. The van der Waals surface area contributed by atoms with E-state index in [0.29, 0.717) is 0 Å². The van der Waals surface area contributed by atoms with Crippen molar-refractivity contribution >= 4 is 11.8 Å². The van der Waals surface area contributed by atoms with Crippen molar-refractivity contribution in [1.29, 1.82) is 5.26 Å². The molecular weight excluding hydrogens is 206 g/mol. The average Bonchev–Trinajstić information content (AvgIpc) is 3.01. The standard InChI is InChI=1S/C11H17N3O2/c1-7(9(15)14-8-4-5-8)13-10(16)11(2,3)6-12/h7-8H,4-5H2,1-3H3,(H,13,16)(H,14,15). The van der Waals surface area contributed by atoms with Gasteiger partial charge in [0.25, 0.3) is 0 Å². The molecule has 0 spiro atoms. The van der Waals surface area contributed by atoms with Gasteiger partial charge in [0.15, 0.2) is 0 Å². The van der Waals surface area contributed by atoms with Gasteiger partial charge < -0.3 is 10.6 Å². The summed E-state index contributed by atoms with van der Waals surface area (Å²) in [5.74, 6) is -0.613. The van der Waals surface area contributed by atoms with Crippen molar-refractivity contribution in [1.82, 2.24) is 10.6 Å². The number of carbonyl (C=O) groups is 2. The normalized spacial score (nSPS) is 17.1. The minimum atomic E-state index is -1.10. The van der Waals surface area contributed by atoms with Gasteiger partial charge in [0.1, 0.15) is 11.5 Å². The van der Waals surface area contributed by atoms with Gasteiger partial charge in [-0.2, -0.15) is 5.26 Å². The molecule has 88 valence electrons. The largest absolute Gasteiger partial charge is 0.352 e. The van der Waals surface area contributed by atoms with E-state index < -0.39 is 17.4 Å². The summed E-state index contributed by atoms with van der Waals surface area (Å²) in [4.78, 5) is 23.1. The molecule has 0 aromatic rings. The van der Waals surface area contributed by atoms with Gasteiger partial charge in [-0.05, 0) is 33.6 Å². The summed E-state index contributed by atoms with van der Waals surface area (Å²) in [6.07, 6.45) is 2.02. The lowest BCUT2D eigenvalue weighted by molar-refractivity contribution is -0.132. The Morgan fingerprint density at radius 3 is 2.44 bits per heavy atom. The van der Waals surface area contributed by atoms with Crippen molar-refractivity contribution in [3.63, 3.8) is 0 Å². The Balaban J connectivity index is 2.44. The van der Waals surface area contributed by atoms with Gasteiger partial charge in [-0.15, -0.1) is 0 Å². The van der Waals surface area contributed by atoms with Crippen LogP contribution < -0.4 is 10.6 Å². The molecule has 0 aliphatic heterocycles. The highest BCUT2D eigenvalue weighted by Gasteiger charge is 2.31. The predicted molar refractivity (Wildman–Crippen MR) is 58.2 cm³/mol. The highest BCUT2D eigenvalue weighted by atomic mass is 16.2. The Morgan fingerprint density at radius 1 is 1.44 bits per heavy atom. The van der Waals surface area contributed by atoms with Crippen LogP contribution in [0.25, 0.3) is 0 Å². The summed E-state index contributed by atoms with van der Waals surface area (Å²) in [6.45, 7) is 4.66. The molecule has 1 atom stereocenters. The molecular formula is C11H17N3O2. The quantitative estimate of drug-likeness (QED) is 0.720. The van der Waals surface area contributed by atoms with Gasteiger partial charge in [-0.3, -0.25) is 9.59 Å². The molecule has 5 nitrogen and oxygen atoms in total. The van der Waals surface area contributed by atoms with Crippen molar-refractivity contribution in [2.24, 2.45) is 5.41 Å². The summed E-state index contributed by atoms with van der Waals surface area (Å²) in [6, 6.07) is 1.57. The van der Waals surface area contributed by atoms with E-state index in [0.717, 1.165) is 12.8 Å². The van der Waals surface area contributed by atoms with Crippen LogP contribution in [-0.4, -0.2) is 23.9 Å². The van der Waals surface area contributed by atoms with Crippen molar-refractivity contribution in [2.45, 2.75) is 45.7 Å². The molecule has 0 aromatic heterocycles. The lowest BCUT2D eigenvalue weighted by Gasteiger charge is -2.19. The molecule has 2 N–H and O–H groups in total. The van der Waals surface area contributed by atoms with E-state index in [2.05, 4.69) is 10.6 Å². The van der Waals surface area contributed by atoms with E-state index in [-0.39, 0.29) is 11.9 Å². The Morgan fingerprint density at radius 2 is 2.00 bits per heavy atom. The number of hydrogen-bond acceptors (Lipinski definition) is 3. The molecule has 5 heteroatoms. The van der Waals surface area contributed by atoms with Crippen molar-refractivity contribution in [3.8, 4) is 6.07 Å². The lowest BCUT2D eigenvalue weighted by Crippen LogP contribution is -2.49. The van der Waals surface area contributed by atoms with Crippen LogP contribution in [0.3, 0.4) is 0 Å². The van der Waals surface area contributed by atoms with Gasteiger partial charge in [0.05, 0.1) is 6.07 Å². The molecule has 0 saturated heterocycles. The zero-order valence-electron chi connectivity index (χ0n) is 9.83. The van der Waals surface area contributed by atoms with Gasteiger partial charge in [-0.25, -0.2) is 0 Å². The Kier molecular flexibility index (Phi) is 3.53. The molecule has 1 rings (SSSR count). The van der Waals surface area contributed by atoms with E-state index in [1.165, 1.54) is 13.8 Å². The fourth-order valence-electron chi connectivity index (χ4n) is 1.05. The third kappa shape index (κ3) is 3.23. The first kappa shape index (κ1) is 12.5. The van der Waals surface area contributed by atoms with Crippen LogP contribution in [0, 0.1) is 16.7 Å². The summed E-state index contributed by atoms with van der Waals surface area (Å²) >= 11 is 0. The zero-order chi connectivity index (χ0) is 12.3. The third-order valence-corrected chi connectivity index (χ3v) is 2.51. The number of carbonyl (C=O) groups excluding carboxylic acids is 2. The predicted octanol–water partition coefficient (Wildman–Crippen LogP) is 0.319. The molecule has 0 radical (unpaired) electrons. The van der Waals surface area contributed by atoms with Crippen LogP contribution in [0.1, 0.15) is 33.6 Å². The topological polar surface area (TPSA) is 82.0 Å². The maximum atomic E-state index is 11.6. The van der Waals surface area contributed by atoms with E-state index in [1.54, 1.807) is 6.92 Å². The van der Waals surface area contributed by atoms with Crippen LogP contribution in [0.5, 0.6) is 0 Å². The van der Waals surface area contributed by atoms with Crippen LogP contribution in [0.15, 0.2) is 0 Å². The van der Waals surface area contributed by atoms with Gasteiger partial charge in [0, 0.05) is 6.04 Å². The fourth-order valence-corrected chi connectivity index (χ4v) is 1.05. The van der Waals surface area contributed by atoms with Gasteiger partial charge in [-0.1, -0.05) is 0 Å². The van der Waals surface area contributed by atoms with E-state index in [4.69, 9.17) is 5.26 Å². The van der Waals surface area contributed by atoms with Crippen molar-refractivity contribution in [2.75, 3.05) is 0 Å². The summed E-state index contributed by atoms with van der Waals surface area (Å²) in [5, 5.41) is 14.1. The first-order valence-electron chi connectivity index (χ1n) is 5.39. The zero-order valence-corrected chi connectivity index (χ0v) is 9.83. The maximum Gasteiger partial charge on any atom is 0.242 e. The molecule has 0 heterocycles. The minimum Gasteiger partial charge on any atom is -0.352 e. The Hall–Kier alpha value is -1.57. The first-order chi connectivity index (χ1) is 7.36. The first-order valence-corrected chi connectivity index (χ1v) is 5.39. The summed E-state index contributed by atoms with van der Waals surface area (Å²) in [7, 11) is 0.